The highest BCUT2D eigenvalue weighted by Crippen LogP contribution is 2.21. The van der Waals surface area contributed by atoms with Crippen LogP contribution in [0.4, 0.5) is 0 Å². The normalized spacial score (nSPS) is 24.7. The number of nitrogens with zero attached hydrogens (tertiary/aromatic N) is 5. The summed E-state index contributed by atoms with van der Waals surface area (Å²) in [6.45, 7) is 11.4. The van der Waals surface area contributed by atoms with Crippen molar-refractivity contribution < 1.29 is 9.59 Å². The second-order valence-electron chi connectivity index (χ2n) is 7.72. The van der Waals surface area contributed by atoms with Gasteiger partial charge in [0.25, 0.3) is 5.91 Å². The molecular formula is C18H29N5O2S. The topological polar surface area (TPSA) is 69.6 Å². The average molecular weight is 380 g/mol. The van der Waals surface area contributed by atoms with Crippen LogP contribution >= 0.6 is 11.5 Å². The molecule has 2 fully saturated rings. The summed E-state index contributed by atoms with van der Waals surface area (Å²) in [6.07, 6.45) is 1.93. The van der Waals surface area contributed by atoms with E-state index in [9.17, 15) is 9.59 Å². The summed E-state index contributed by atoms with van der Waals surface area (Å²) in [5.74, 6) is 1.42. The van der Waals surface area contributed by atoms with Crippen LogP contribution in [0.15, 0.2) is 0 Å². The molecule has 26 heavy (non-hydrogen) atoms. The van der Waals surface area contributed by atoms with Gasteiger partial charge in [0.1, 0.15) is 4.88 Å². The maximum atomic E-state index is 12.7. The van der Waals surface area contributed by atoms with Crippen LogP contribution in [-0.2, 0) is 11.2 Å². The lowest BCUT2D eigenvalue weighted by molar-refractivity contribution is -0.135. The number of hydrogen-bond donors (Lipinski definition) is 0. The summed E-state index contributed by atoms with van der Waals surface area (Å²) in [6, 6.07) is 0. The van der Waals surface area contributed by atoms with Crippen LogP contribution in [0.25, 0.3) is 0 Å². The van der Waals surface area contributed by atoms with Gasteiger partial charge < -0.3 is 9.80 Å². The Hall–Kier alpha value is -1.54. The minimum Gasteiger partial charge on any atom is -0.341 e. The highest BCUT2D eigenvalue weighted by atomic mass is 32.1. The Bertz CT molecular complexity index is 631. The molecule has 0 N–H and O–H groups in total. The number of carbonyl (C=O) groups excluding carboxylic acids is 2. The van der Waals surface area contributed by atoms with E-state index in [1.807, 2.05) is 16.7 Å². The number of likely N-dealkylation sites (tertiary alicyclic amines) is 1. The van der Waals surface area contributed by atoms with E-state index in [1.165, 1.54) is 18.0 Å². The van der Waals surface area contributed by atoms with Crippen LogP contribution in [-0.4, -0.2) is 81.9 Å². The van der Waals surface area contributed by atoms with E-state index >= 15 is 0 Å². The summed E-state index contributed by atoms with van der Waals surface area (Å²) in [4.78, 5) is 32.0. The molecule has 0 saturated carbocycles. The third kappa shape index (κ3) is 4.40. The quantitative estimate of drug-likeness (QED) is 0.790. The van der Waals surface area contributed by atoms with Gasteiger partial charge in [-0.2, -0.15) is 0 Å². The van der Waals surface area contributed by atoms with Crippen LogP contribution in [0.5, 0.6) is 0 Å². The first-order valence-corrected chi connectivity index (χ1v) is 10.4. The van der Waals surface area contributed by atoms with Gasteiger partial charge in [-0.1, -0.05) is 25.3 Å². The van der Waals surface area contributed by atoms with Crippen molar-refractivity contribution in [2.24, 2.45) is 11.8 Å². The Labute approximate surface area is 159 Å². The van der Waals surface area contributed by atoms with Crippen molar-refractivity contribution in [2.75, 3.05) is 45.8 Å². The first kappa shape index (κ1) is 19.2. The maximum absolute atomic E-state index is 12.7. The number of aromatic nitrogens is 2. The van der Waals surface area contributed by atoms with Crippen molar-refractivity contribution in [3.63, 3.8) is 0 Å². The predicted octanol–water partition coefficient (Wildman–Crippen LogP) is 1.36. The number of amides is 2. The molecule has 0 radical (unpaired) electrons. The van der Waals surface area contributed by atoms with E-state index < -0.39 is 0 Å². The minimum atomic E-state index is 0.0292. The summed E-state index contributed by atoms with van der Waals surface area (Å²) < 4.78 is 3.91. The van der Waals surface area contributed by atoms with Gasteiger partial charge in [-0.3, -0.25) is 14.5 Å². The molecule has 0 aromatic carbocycles. The minimum absolute atomic E-state index is 0.0292. The molecule has 2 aliphatic heterocycles. The monoisotopic (exact) mass is 379 g/mol. The molecule has 0 bridgehead atoms. The summed E-state index contributed by atoms with van der Waals surface area (Å²) in [5.41, 5.74) is 0.783. The Morgan fingerprint density at radius 1 is 1.08 bits per heavy atom. The first-order valence-electron chi connectivity index (χ1n) is 9.58. The standard InChI is InChI=1S/C18H29N5O2S/c1-4-15-17(26-20-19-15)18(25)22-7-5-21(6-8-22)12-16(24)23-10-13(2)9-14(3)11-23/h13-14H,4-12H2,1-3H3. The number of piperidine rings is 1. The highest BCUT2D eigenvalue weighted by Gasteiger charge is 2.29. The van der Waals surface area contributed by atoms with E-state index in [1.54, 1.807) is 0 Å². The molecular weight excluding hydrogens is 350 g/mol. The Balaban J connectivity index is 1.49. The van der Waals surface area contributed by atoms with Crippen molar-refractivity contribution in [3.8, 4) is 0 Å². The van der Waals surface area contributed by atoms with E-state index in [2.05, 4.69) is 28.3 Å². The van der Waals surface area contributed by atoms with Gasteiger partial charge in [-0.15, -0.1) is 5.10 Å². The van der Waals surface area contributed by atoms with Crippen molar-refractivity contribution in [1.82, 2.24) is 24.3 Å². The zero-order chi connectivity index (χ0) is 18.7. The molecule has 2 saturated heterocycles. The number of aryl methyl sites for hydroxylation is 1. The zero-order valence-electron chi connectivity index (χ0n) is 16.0. The summed E-state index contributed by atoms with van der Waals surface area (Å²) in [5, 5.41) is 4.03. The lowest BCUT2D eigenvalue weighted by atomic mass is 9.92. The molecule has 3 heterocycles. The molecule has 1 aromatic rings. The van der Waals surface area contributed by atoms with Gasteiger partial charge in [0.05, 0.1) is 12.2 Å². The first-order chi connectivity index (χ1) is 12.5. The predicted molar refractivity (Wildman–Crippen MR) is 101 cm³/mol. The zero-order valence-corrected chi connectivity index (χ0v) is 16.8. The fourth-order valence-corrected chi connectivity index (χ4v) is 4.73. The molecule has 8 heteroatoms. The molecule has 7 nitrogen and oxygen atoms in total. The number of hydrogen-bond acceptors (Lipinski definition) is 6. The van der Waals surface area contributed by atoms with Gasteiger partial charge in [-0.05, 0) is 36.2 Å². The van der Waals surface area contributed by atoms with E-state index in [-0.39, 0.29) is 11.8 Å². The molecule has 2 amide bonds. The summed E-state index contributed by atoms with van der Waals surface area (Å²) >= 11 is 1.18. The fraction of sp³-hybridized carbons (Fsp3) is 0.778. The molecule has 2 aliphatic rings. The van der Waals surface area contributed by atoms with Gasteiger partial charge in [-0.25, -0.2) is 0 Å². The van der Waals surface area contributed by atoms with E-state index in [0.29, 0.717) is 36.3 Å². The largest absolute Gasteiger partial charge is 0.341 e. The van der Waals surface area contributed by atoms with Crippen molar-refractivity contribution >= 4 is 23.3 Å². The molecule has 2 unspecified atom stereocenters. The lowest BCUT2D eigenvalue weighted by Gasteiger charge is -2.38. The van der Waals surface area contributed by atoms with E-state index in [0.717, 1.165) is 38.3 Å². The lowest BCUT2D eigenvalue weighted by Crippen LogP contribution is -2.53. The molecule has 2 atom stereocenters. The van der Waals surface area contributed by atoms with Gasteiger partial charge in [0, 0.05) is 39.3 Å². The van der Waals surface area contributed by atoms with Crippen molar-refractivity contribution in [1.29, 1.82) is 0 Å². The number of rotatable bonds is 4. The Morgan fingerprint density at radius 2 is 1.73 bits per heavy atom. The van der Waals surface area contributed by atoms with Crippen LogP contribution in [0.1, 0.15) is 42.6 Å². The van der Waals surface area contributed by atoms with Crippen LogP contribution in [0.3, 0.4) is 0 Å². The fourth-order valence-electron chi connectivity index (χ4n) is 4.01. The van der Waals surface area contributed by atoms with Crippen LogP contribution in [0, 0.1) is 11.8 Å². The molecule has 0 aliphatic carbocycles. The maximum Gasteiger partial charge on any atom is 0.267 e. The average Bonchev–Trinajstić information content (AvgIpc) is 3.09. The smallest absolute Gasteiger partial charge is 0.267 e. The van der Waals surface area contributed by atoms with E-state index in [4.69, 9.17) is 0 Å². The Morgan fingerprint density at radius 3 is 2.35 bits per heavy atom. The molecule has 3 rings (SSSR count). The number of carbonyl (C=O) groups is 2. The Kier molecular flexibility index (Phi) is 6.24. The second kappa shape index (κ2) is 8.43. The third-order valence-corrected chi connectivity index (χ3v) is 6.08. The van der Waals surface area contributed by atoms with Gasteiger partial charge in [0.15, 0.2) is 0 Å². The number of piperazine rings is 1. The molecule has 0 spiro atoms. The third-order valence-electron chi connectivity index (χ3n) is 5.32. The van der Waals surface area contributed by atoms with Gasteiger partial charge in [0.2, 0.25) is 5.91 Å². The van der Waals surface area contributed by atoms with Gasteiger partial charge >= 0.3 is 0 Å². The van der Waals surface area contributed by atoms with Crippen LogP contribution < -0.4 is 0 Å². The molecule has 1 aromatic heterocycles. The molecule has 144 valence electrons. The summed E-state index contributed by atoms with van der Waals surface area (Å²) in [7, 11) is 0. The van der Waals surface area contributed by atoms with Crippen molar-refractivity contribution in [3.05, 3.63) is 10.6 Å². The van der Waals surface area contributed by atoms with Crippen molar-refractivity contribution in [2.45, 2.75) is 33.6 Å². The highest BCUT2D eigenvalue weighted by molar-refractivity contribution is 7.08. The van der Waals surface area contributed by atoms with Crippen LogP contribution in [0.2, 0.25) is 0 Å². The second-order valence-corrected chi connectivity index (χ2v) is 8.47. The SMILES string of the molecule is CCc1nnsc1C(=O)N1CCN(CC(=O)N2CC(C)CC(C)C2)CC1.